The number of anilines is 3. The van der Waals surface area contributed by atoms with Gasteiger partial charge < -0.3 is 29.6 Å². The van der Waals surface area contributed by atoms with E-state index in [4.69, 9.17) is 9.47 Å². The molecule has 4 aromatic carbocycles. The number of nitrogens with zero attached hydrogens (tertiary/aromatic N) is 2. The Bertz CT molecular complexity index is 1850. The largest absolute Gasteiger partial charge is 0.497 e. The highest BCUT2D eigenvalue weighted by Gasteiger charge is 2.66. The summed E-state index contributed by atoms with van der Waals surface area (Å²) in [5.74, 6) is -0.796. The number of carbonyl (C=O) groups excluding carboxylic acids is 3. The van der Waals surface area contributed by atoms with E-state index >= 15 is 0 Å². The first-order valence-electron chi connectivity index (χ1n) is 16.8. The number of para-hydroxylation sites is 1. The summed E-state index contributed by atoms with van der Waals surface area (Å²) >= 11 is 0. The summed E-state index contributed by atoms with van der Waals surface area (Å²) in [7, 11) is -1.52. The van der Waals surface area contributed by atoms with Crippen LogP contribution in [0.5, 0.6) is 5.75 Å². The van der Waals surface area contributed by atoms with Crippen LogP contribution in [0.15, 0.2) is 103 Å². The van der Waals surface area contributed by atoms with Crippen molar-refractivity contribution < 1.29 is 33.8 Å². The minimum absolute atomic E-state index is 0.0809. The maximum Gasteiger partial charge on any atom is 0.268 e. The molecule has 1 spiro atoms. The molecule has 11 heteroatoms. The number of carbonyl (C=O) groups is 3. The third-order valence-corrected chi connectivity index (χ3v) is 12.3. The maximum absolute atomic E-state index is 14.9. The Hall–Kier alpha value is -4.81. The standard InChI is InChI=1S/C39H43N3O7Si/c1-26-36(50(3,4)47)34(24-35(44)41(21-22-43)25-27-11-7-5-8-12-27)49-39(26)32-23-29(40-37(45)28-15-18-31(48-2)19-16-28)17-20-33(32)42(38(39)46)30-13-9-6-10-14-30/h5-20,23,26,34,36,43,47H,21-22,24-25H2,1-4H3,(H,40,45)/t26-,34+,36-,39+/m0/s1. The molecule has 0 radical (unpaired) electrons. The summed E-state index contributed by atoms with van der Waals surface area (Å²) in [4.78, 5) is 57.1. The number of aliphatic hydroxyl groups is 1. The van der Waals surface area contributed by atoms with Crippen LogP contribution in [0.2, 0.25) is 18.6 Å². The van der Waals surface area contributed by atoms with Crippen molar-refractivity contribution in [2.75, 3.05) is 30.5 Å². The SMILES string of the molecule is COc1ccc(C(=O)Nc2ccc3c(c2)[C@@]2(O[C@H](CC(=O)N(CCO)Cc4ccccc4)[C@@H]([Si](C)(C)O)[C@@H]2C)C(=O)N3c2ccccc2)cc1. The van der Waals surface area contributed by atoms with Gasteiger partial charge in [0.05, 0.1) is 31.9 Å². The zero-order chi connectivity index (χ0) is 35.6. The number of aliphatic hydroxyl groups excluding tert-OH is 1. The average molecular weight is 694 g/mol. The van der Waals surface area contributed by atoms with E-state index in [2.05, 4.69) is 5.32 Å². The van der Waals surface area contributed by atoms with Crippen LogP contribution in [0.3, 0.4) is 0 Å². The predicted octanol–water partition coefficient (Wildman–Crippen LogP) is 5.83. The van der Waals surface area contributed by atoms with Gasteiger partial charge in [0, 0.05) is 47.1 Å². The van der Waals surface area contributed by atoms with E-state index < -0.39 is 31.5 Å². The van der Waals surface area contributed by atoms with Gasteiger partial charge in [-0.15, -0.1) is 0 Å². The molecule has 2 aliphatic heterocycles. The fraction of sp³-hybridized carbons (Fsp3) is 0.308. The molecule has 260 valence electrons. The molecule has 3 N–H and O–H groups in total. The highest BCUT2D eigenvalue weighted by atomic mass is 28.4. The lowest BCUT2D eigenvalue weighted by atomic mass is 9.82. The topological polar surface area (TPSA) is 129 Å². The Labute approximate surface area is 293 Å². The zero-order valence-corrected chi connectivity index (χ0v) is 29.7. The van der Waals surface area contributed by atoms with E-state index in [1.54, 1.807) is 59.4 Å². The molecule has 0 aliphatic carbocycles. The summed E-state index contributed by atoms with van der Waals surface area (Å²) in [6.07, 6.45) is -0.867. The van der Waals surface area contributed by atoms with Crippen LogP contribution in [0.1, 0.15) is 34.8 Å². The number of amides is 3. The summed E-state index contributed by atoms with van der Waals surface area (Å²) in [5.41, 5.74) is 1.59. The van der Waals surface area contributed by atoms with Crippen LogP contribution in [0.25, 0.3) is 0 Å². The van der Waals surface area contributed by atoms with E-state index in [0.717, 1.165) is 5.56 Å². The first-order valence-corrected chi connectivity index (χ1v) is 19.8. The highest BCUT2D eigenvalue weighted by Crippen LogP contribution is 2.61. The Morgan fingerprint density at radius 1 is 0.980 bits per heavy atom. The second-order valence-electron chi connectivity index (χ2n) is 13.5. The first-order chi connectivity index (χ1) is 24.0. The molecule has 4 aromatic rings. The van der Waals surface area contributed by atoms with Crippen molar-refractivity contribution in [2.24, 2.45) is 5.92 Å². The van der Waals surface area contributed by atoms with Crippen LogP contribution < -0.4 is 15.0 Å². The average Bonchev–Trinajstić information content (AvgIpc) is 3.54. The second-order valence-corrected chi connectivity index (χ2v) is 17.5. The van der Waals surface area contributed by atoms with Gasteiger partial charge in [-0.3, -0.25) is 19.3 Å². The summed E-state index contributed by atoms with van der Waals surface area (Å²) in [6.45, 7) is 5.76. The summed E-state index contributed by atoms with van der Waals surface area (Å²) < 4.78 is 12.1. The van der Waals surface area contributed by atoms with Gasteiger partial charge in [-0.1, -0.05) is 55.5 Å². The number of hydrogen-bond donors (Lipinski definition) is 3. The van der Waals surface area contributed by atoms with Crippen LogP contribution in [-0.2, 0) is 26.5 Å². The van der Waals surface area contributed by atoms with Gasteiger partial charge in [-0.25, -0.2) is 0 Å². The monoisotopic (exact) mass is 693 g/mol. The van der Waals surface area contributed by atoms with E-state index in [-0.39, 0.29) is 37.3 Å². The summed E-state index contributed by atoms with van der Waals surface area (Å²) in [6, 6.07) is 30.9. The van der Waals surface area contributed by atoms with E-state index in [1.165, 1.54) is 0 Å². The molecule has 0 bridgehead atoms. The number of hydrogen-bond acceptors (Lipinski definition) is 7. The molecular formula is C39H43N3O7Si. The lowest BCUT2D eigenvalue weighted by Gasteiger charge is -2.32. The fourth-order valence-electron chi connectivity index (χ4n) is 7.58. The highest BCUT2D eigenvalue weighted by molar-refractivity contribution is 6.71. The lowest BCUT2D eigenvalue weighted by molar-refractivity contribution is -0.149. The molecule has 2 heterocycles. The van der Waals surface area contributed by atoms with Gasteiger partial charge >= 0.3 is 0 Å². The Balaban J connectivity index is 1.39. The minimum atomic E-state index is -3.08. The van der Waals surface area contributed by atoms with Crippen molar-refractivity contribution in [3.8, 4) is 5.75 Å². The number of rotatable bonds is 11. The van der Waals surface area contributed by atoms with Crippen LogP contribution in [0, 0.1) is 5.92 Å². The fourth-order valence-corrected chi connectivity index (χ4v) is 10.1. The first kappa shape index (κ1) is 35.0. The summed E-state index contributed by atoms with van der Waals surface area (Å²) in [5, 5.41) is 12.8. The molecular weight excluding hydrogens is 651 g/mol. The van der Waals surface area contributed by atoms with Crippen molar-refractivity contribution in [1.29, 1.82) is 0 Å². The maximum atomic E-state index is 14.9. The molecule has 4 atom stereocenters. The minimum Gasteiger partial charge on any atom is -0.497 e. The van der Waals surface area contributed by atoms with E-state index in [1.807, 2.05) is 80.7 Å². The molecule has 2 aliphatic rings. The zero-order valence-electron chi connectivity index (χ0n) is 28.7. The smallest absolute Gasteiger partial charge is 0.268 e. The van der Waals surface area contributed by atoms with E-state index in [9.17, 15) is 24.3 Å². The Kier molecular flexibility index (Phi) is 9.95. The predicted molar refractivity (Wildman–Crippen MR) is 194 cm³/mol. The van der Waals surface area contributed by atoms with Gasteiger partial charge in [0.15, 0.2) is 13.9 Å². The van der Waals surface area contributed by atoms with Gasteiger partial charge in [0.25, 0.3) is 11.8 Å². The molecule has 6 rings (SSSR count). The molecule has 0 unspecified atom stereocenters. The molecule has 3 amide bonds. The van der Waals surface area contributed by atoms with E-state index in [0.29, 0.717) is 40.5 Å². The van der Waals surface area contributed by atoms with Crippen molar-refractivity contribution >= 4 is 43.1 Å². The number of ether oxygens (including phenoxy) is 2. The number of benzene rings is 4. The van der Waals surface area contributed by atoms with Crippen molar-refractivity contribution in [3.63, 3.8) is 0 Å². The molecule has 1 fully saturated rings. The number of methoxy groups -OCH3 is 1. The third kappa shape index (κ3) is 6.57. The quantitative estimate of drug-likeness (QED) is 0.169. The molecule has 1 saturated heterocycles. The van der Waals surface area contributed by atoms with Crippen molar-refractivity contribution in [1.82, 2.24) is 4.90 Å². The normalized spacial score (nSPS) is 21.3. The van der Waals surface area contributed by atoms with Gasteiger partial charge in [-0.05, 0) is 73.3 Å². The van der Waals surface area contributed by atoms with Gasteiger partial charge in [0.1, 0.15) is 5.75 Å². The molecule has 10 nitrogen and oxygen atoms in total. The van der Waals surface area contributed by atoms with Gasteiger partial charge in [-0.2, -0.15) is 0 Å². The number of nitrogens with one attached hydrogen (secondary N) is 1. The van der Waals surface area contributed by atoms with Gasteiger partial charge in [0.2, 0.25) is 5.91 Å². The lowest BCUT2D eigenvalue weighted by Crippen LogP contribution is -2.45. The van der Waals surface area contributed by atoms with Crippen LogP contribution >= 0.6 is 0 Å². The van der Waals surface area contributed by atoms with Crippen molar-refractivity contribution in [3.05, 3.63) is 120 Å². The molecule has 0 saturated carbocycles. The van der Waals surface area contributed by atoms with Crippen molar-refractivity contribution in [2.45, 2.75) is 50.2 Å². The molecule has 50 heavy (non-hydrogen) atoms. The molecule has 0 aromatic heterocycles. The van der Waals surface area contributed by atoms with Crippen LogP contribution in [0.4, 0.5) is 17.1 Å². The Morgan fingerprint density at radius 3 is 2.26 bits per heavy atom. The van der Waals surface area contributed by atoms with Crippen LogP contribution in [-0.4, -0.2) is 67.2 Å². The second kappa shape index (κ2) is 14.2. The number of fused-ring (bicyclic) bond motifs is 2. The Morgan fingerprint density at radius 2 is 1.64 bits per heavy atom. The third-order valence-electron chi connectivity index (χ3n) is 9.83.